The van der Waals surface area contributed by atoms with Gasteiger partial charge in [0.1, 0.15) is 0 Å². The highest BCUT2D eigenvalue weighted by Gasteiger charge is 2.48. The molecule has 176 valence electrons. The zero-order valence-electron chi connectivity index (χ0n) is 20.7. The molecule has 0 radical (unpaired) electrons. The Morgan fingerprint density at radius 1 is 0.879 bits per heavy atom. The number of hydrogen-bond acceptors (Lipinski definition) is 2. The molecule has 2 saturated carbocycles. The van der Waals surface area contributed by atoms with E-state index in [9.17, 15) is 4.79 Å². The molecular formula is C30H40N2O. The molecule has 0 unspecified atom stereocenters. The van der Waals surface area contributed by atoms with E-state index in [4.69, 9.17) is 0 Å². The van der Waals surface area contributed by atoms with E-state index in [1.807, 2.05) is 48.4 Å². The average molecular weight is 445 g/mol. The Labute approximate surface area is 200 Å². The normalized spacial score (nSPS) is 26.2. The lowest BCUT2D eigenvalue weighted by Gasteiger charge is -2.53. The summed E-state index contributed by atoms with van der Waals surface area (Å²) >= 11 is 0. The van der Waals surface area contributed by atoms with Crippen molar-refractivity contribution in [3.63, 3.8) is 0 Å². The van der Waals surface area contributed by atoms with E-state index in [0.717, 1.165) is 37.2 Å². The molecule has 4 rings (SSSR count). The van der Waals surface area contributed by atoms with Crippen LogP contribution >= 0.6 is 0 Å². The van der Waals surface area contributed by atoms with Gasteiger partial charge < -0.3 is 9.80 Å². The SMILES string of the molecule is CN(C)C1(CC2CCCC2)CCC(c2ccccc2)(N(C)C(=O)/C=C/c2ccccc2)CC1. The Kier molecular flexibility index (Phi) is 7.38. The molecule has 3 nitrogen and oxygen atoms in total. The van der Waals surface area contributed by atoms with Gasteiger partial charge in [-0.1, -0.05) is 86.3 Å². The Morgan fingerprint density at radius 3 is 2.03 bits per heavy atom. The highest BCUT2D eigenvalue weighted by atomic mass is 16.2. The maximum atomic E-state index is 13.4. The van der Waals surface area contributed by atoms with Gasteiger partial charge in [-0.25, -0.2) is 0 Å². The second kappa shape index (κ2) is 10.3. The summed E-state index contributed by atoms with van der Waals surface area (Å²) < 4.78 is 0. The van der Waals surface area contributed by atoms with Crippen LogP contribution in [0.25, 0.3) is 6.08 Å². The molecule has 1 amide bonds. The fraction of sp³-hybridized carbons (Fsp3) is 0.500. The predicted octanol–water partition coefficient (Wildman–Crippen LogP) is 6.51. The summed E-state index contributed by atoms with van der Waals surface area (Å²) in [5.74, 6) is 0.945. The predicted molar refractivity (Wildman–Crippen MR) is 138 cm³/mol. The summed E-state index contributed by atoms with van der Waals surface area (Å²) in [7, 11) is 6.54. The number of benzene rings is 2. The van der Waals surface area contributed by atoms with Gasteiger partial charge >= 0.3 is 0 Å². The van der Waals surface area contributed by atoms with Crippen molar-refractivity contribution in [2.24, 2.45) is 5.92 Å². The van der Waals surface area contributed by atoms with Crippen LogP contribution in [0.1, 0.15) is 68.9 Å². The van der Waals surface area contributed by atoms with Gasteiger partial charge in [-0.05, 0) is 69.3 Å². The molecule has 0 saturated heterocycles. The second-order valence-electron chi connectivity index (χ2n) is 10.5. The van der Waals surface area contributed by atoms with E-state index in [1.54, 1.807) is 6.08 Å². The average Bonchev–Trinajstić information content (AvgIpc) is 3.36. The van der Waals surface area contributed by atoms with Crippen molar-refractivity contribution >= 4 is 12.0 Å². The summed E-state index contributed by atoms with van der Waals surface area (Å²) in [4.78, 5) is 17.9. The first-order valence-electron chi connectivity index (χ1n) is 12.7. The zero-order chi connectivity index (χ0) is 23.3. The maximum Gasteiger partial charge on any atom is 0.247 e. The molecule has 0 bridgehead atoms. The van der Waals surface area contributed by atoms with Crippen molar-refractivity contribution in [1.82, 2.24) is 9.80 Å². The van der Waals surface area contributed by atoms with Gasteiger partial charge in [0.2, 0.25) is 5.91 Å². The van der Waals surface area contributed by atoms with Crippen LogP contribution in [0.3, 0.4) is 0 Å². The highest BCUT2D eigenvalue weighted by Crippen LogP contribution is 2.50. The minimum absolute atomic E-state index is 0.0795. The summed E-state index contributed by atoms with van der Waals surface area (Å²) in [5.41, 5.74) is 2.31. The molecule has 33 heavy (non-hydrogen) atoms. The van der Waals surface area contributed by atoms with Crippen molar-refractivity contribution in [3.8, 4) is 0 Å². The Bertz CT molecular complexity index is 920. The summed E-state index contributed by atoms with van der Waals surface area (Å²) in [5, 5.41) is 0. The first kappa shape index (κ1) is 23.8. The molecule has 2 aliphatic carbocycles. The van der Waals surface area contributed by atoms with Crippen molar-refractivity contribution < 1.29 is 4.79 Å². The number of nitrogens with zero attached hydrogens (tertiary/aromatic N) is 2. The monoisotopic (exact) mass is 444 g/mol. The van der Waals surface area contributed by atoms with Crippen LogP contribution in [-0.4, -0.2) is 42.4 Å². The topological polar surface area (TPSA) is 23.6 Å². The number of carbonyl (C=O) groups excluding carboxylic acids is 1. The number of likely N-dealkylation sites (N-methyl/N-ethyl adjacent to an activating group) is 1. The molecule has 3 heteroatoms. The summed E-state index contributed by atoms with van der Waals surface area (Å²) in [6, 6.07) is 20.8. The molecule has 0 aliphatic heterocycles. The van der Waals surface area contributed by atoms with Crippen LogP contribution in [0.2, 0.25) is 0 Å². The van der Waals surface area contributed by atoms with Crippen molar-refractivity contribution in [2.45, 2.75) is 68.9 Å². The third-order valence-electron chi connectivity index (χ3n) is 8.60. The summed E-state index contributed by atoms with van der Waals surface area (Å²) in [6.45, 7) is 0. The van der Waals surface area contributed by atoms with Crippen LogP contribution in [0.5, 0.6) is 0 Å². The Morgan fingerprint density at radius 2 is 1.45 bits per heavy atom. The number of amides is 1. The van der Waals surface area contributed by atoms with Crippen LogP contribution in [0.4, 0.5) is 0 Å². The molecule has 0 spiro atoms. The molecule has 2 aromatic carbocycles. The van der Waals surface area contributed by atoms with E-state index in [-0.39, 0.29) is 17.0 Å². The molecule has 0 atom stereocenters. The van der Waals surface area contributed by atoms with Gasteiger partial charge in [0.05, 0.1) is 5.54 Å². The maximum absolute atomic E-state index is 13.4. The molecule has 0 N–H and O–H groups in total. The van der Waals surface area contributed by atoms with E-state index < -0.39 is 0 Å². The molecule has 2 fully saturated rings. The van der Waals surface area contributed by atoms with E-state index in [1.165, 1.54) is 37.7 Å². The molecule has 2 aliphatic rings. The fourth-order valence-corrected chi connectivity index (χ4v) is 6.34. The first-order valence-corrected chi connectivity index (χ1v) is 12.7. The highest BCUT2D eigenvalue weighted by molar-refractivity contribution is 5.92. The van der Waals surface area contributed by atoms with Crippen LogP contribution in [0.15, 0.2) is 66.7 Å². The molecule has 0 aromatic heterocycles. The van der Waals surface area contributed by atoms with E-state index in [2.05, 4.69) is 49.3 Å². The quantitative estimate of drug-likeness (QED) is 0.455. The van der Waals surface area contributed by atoms with Gasteiger partial charge in [-0.2, -0.15) is 0 Å². The lowest BCUT2D eigenvalue weighted by Crippen LogP contribution is -2.56. The third kappa shape index (κ3) is 5.09. The van der Waals surface area contributed by atoms with Gasteiger partial charge in [0, 0.05) is 18.7 Å². The first-order chi connectivity index (χ1) is 16.0. The van der Waals surface area contributed by atoms with Crippen molar-refractivity contribution in [3.05, 3.63) is 77.9 Å². The zero-order valence-corrected chi connectivity index (χ0v) is 20.7. The van der Waals surface area contributed by atoms with Crippen LogP contribution < -0.4 is 0 Å². The van der Waals surface area contributed by atoms with E-state index in [0.29, 0.717) is 0 Å². The van der Waals surface area contributed by atoms with Crippen LogP contribution in [0, 0.1) is 5.92 Å². The van der Waals surface area contributed by atoms with Gasteiger partial charge in [-0.3, -0.25) is 4.79 Å². The summed E-state index contributed by atoms with van der Waals surface area (Å²) in [6.07, 6.45) is 14.8. The van der Waals surface area contributed by atoms with E-state index >= 15 is 0 Å². The number of hydrogen-bond donors (Lipinski definition) is 0. The Hall–Kier alpha value is -2.39. The fourth-order valence-electron chi connectivity index (χ4n) is 6.34. The number of rotatable bonds is 7. The minimum Gasteiger partial charge on any atom is -0.332 e. The lowest BCUT2D eigenvalue weighted by molar-refractivity contribution is -0.134. The van der Waals surface area contributed by atoms with Crippen molar-refractivity contribution in [1.29, 1.82) is 0 Å². The molecular weight excluding hydrogens is 404 g/mol. The second-order valence-corrected chi connectivity index (χ2v) is 10.5. The smallest absolute Gasteiger partial charge is 0.247 e. The molecule has 2 aromatic rings. The largest absolute Gasteiger partial charge is 0.332 e. The standard InChI is InChI=1S/C30H40N2O/c1-31(2)29(24-26-14-10-11-15-26)20-22-30(23-21-29,27-16-8-5-9-17-27)32(3)28(33)19-18-25-12-6-4-7-13-25/h4-9,12-13,16-19,26H,10-11,14-15,20-24H2,1-3H3/b19-18+. The lowest BCUT2D eigenvalue weighted by atomic mass is 9.65. The van der Waals surface area contributed by atoms with Gasteiger partial charge in [-0.15, -0.1) is 0 Å². The van der Waals surface area contributed by atoms with Crippen LogP contribution in [-0.2, 0) is 10.3 Å². The van der Waals surface area contributed by atoms with Crippen molar-refractivity contribution in [2.75, 3.05) is 21.1 Å². The Balaban J connectivity index is 1.58. The van der Waals surface area contributed by atoms with Gasteiger partial charge in [0.15, 0.2) is 0 Å². The number of carbonyl (C=O) groups is 1. The van der Waals surface area contributed by atoms with Gasteiger partial charge in [0.25, 0.3) is 0 Å². The third-order valence-corrected chi connectivity index (χ3v) is 8.60. The molecule has 0 heterocycles. The minimum atomic E-state index is -0.255.